The number of urea groups is 1. The van der Waals surface area contributed by atoms with Gasteiger partial charge in [0.25, 0.3) is 0 Å². The largest absolute Gasteiger partial charge is 0.336 e. The van der Waals surface area contributed by atoms with E-state index < -0.39 is 0 Å². The number of carbonyl (C=O) groups is 1. The maximum Gasteiger partial charge on any atom is 0.319 e. The van der Waals surface area contributed by atoms with Gasteiger partial charge in [0, 0.05) is 30.0 Å². The Morgan fingerprint density at radius 2 is 1.90 bits per heavy atom. The van der Waals surface area contributed by atoms with Crippen molar-refractivity contribution in [1.82, 2.24) is 15.1 Å². The number of hydrogen-bond acceptors (Lipinski definition) is 2. The Bertz CT molecular complexity index is 579. The van der Waals surface area contributed by atoms with E-state index in [9.17, 15) is 4.79 Å². The highest BCUT2D eigenvalue weighted by atomic mass is 16.2. The van der Waals surface area contributed by atoms with Gasteiger partial charge in [0.2, 0.25) is 0 Å². The molecule has 0 aliphatic carbocycles. The van der Waals surface area contributed by atoms with Gasteiger partial charge in [-0.3, -0.25) is 4.68 Å². The zero-order valence-corrected chi connectivity index (χ0v) is 12.3. The second-order valence-corrected chi connectivity index (χ2v) is 5.13. The van der Waals surface area contributed by atoms with Gasteiger partial charge in [0.1, 0.15) is 0 Å². The number of aromatic nitrogens is 2. The molecular formula is C15H20N4O. The van der Waals surface area contributed by atoms with Crippen LogP contribution in [0.4, 0.5) is 10.5 Å². The molecule has 0 fully saturated rings. The molecule has 0 radical (unpaired) electrons. The van der Waals surface area contributed by atoms with Crippen LogP contribution in [-0.4, -0.2) is 21.9 Å². The summed E-state index contributed by atoms with van der Waals surface area (Å²) in [7, 11) is 1.92. The second kappa shape index (κ2) is 5.77. The maximum atomic E-state index is 11.6. The number of amides is 2. The van der Waals surface area contributed by atoms with E-state index in [0.717, 1.165) is 22.6 Å². The quantitative estimate of drug-likeness (QED) is 0.902. The summed E-state index contributed by atoms with van der Waals surface area (Å²) in [6, 6.07) is 9.61. The highest BCUT2D eigenvalue weighted by Gasteiger charge is 2.06. The second-order valence-electron chi connectivity index (χ2n) is 5.13. The average molecular weight is 272 g/mol. The first kappa shape index (κ1) is 14.1. The molecule has 0 spiro atoms. The minimum absolute atomic E-state index is 0.116. The number of hydrogen-bond donors (Lipinski definition) is 2. The fourth-order valence-corrected chi connectivity index (χ4v) is 1.86. The number of nitrogens with zero attached hydrogens (tertiary/aromatic N) is 2. The van der Waals surface area contributed by atoms with E-state index in [1.165, 1.54) is 0 Å². The van der Waals surface area contributed by atoms with Crippen molar-refractivity contribution in [3.63, 3.8) is 0 Å². The predicted octanol–water partition coefficient (Wildman–Crippen LogP) is 2.93. The van der Waals surface area contributed by atoms with Crippen molar-refractivity contribution in [2.45, 2.75) is 26.8 Å². The van der Waals surface area contributed by atoms with Gasteiger partial charge in [-0.1, -0.05) is 12.1 Å². The van der Waals surface area contributed by atoms with Crippen LogP contribution in [0.15, 0.2) is 30.3 Å². The third-order valence-corrected chi connectivity index (χ3v) is 2.97. The Morgan fingerprint density at radius 3 is 2.40 bits per heavy atom. The van der Waals surface area contributed by atoms with Gasteiger partial charge in [-0.2, -0.15) is 5.10 Å². The monoisotopic (exact) mass is 272 g/mol. The van der Waals surface area contributed by atoms with Gasteiger partial charge in [0.05, 0.1) is 5.69 Å². The molecule has 1 aromatic heterocycles. The maximum absolute atomic E-state index is 11.6. The van der Waals surface area contributed by atoms with Crippen molar-refractivity contribution < 1.29 is 4.79 Å². The van der Waals surface area contributed by atoms with E-state index in [-0.39, 0.29) is 12.1 Å². The molecule has 0 bridgehead atoms. The van der Waals surface area contributed by atoms with Gasteiger partial charge >= 0.3 is 6.03 Å². The molecule has 2 N–H and O–H groups in total. The van der Waals surface area contributed by atoms with Crippen LogP contribution in [0.3, 0.4) is 0 Å². The highest BCUT2D eigenvalue weighted by Crippen LogP contribution is 2.20. The lowest BCUT2D eigenvalue weighted by molar-refractivity contribution is 0.250. The fourth-order valence-electron chi connectivity index (χ4n) is 1.86. The van der Waals surface area contributed by atoms with Crippen LogP contribution < -0.4 is 10.6 Å². The summed E-state index contributed by atoms with van der Waals surface area (Å²) >= 11 is 0. The minimum atomic E-state index is -0.193. The normalized spacial score (nSPS) is 10.7. The van der Waals surface area contributed by atoms with E-state index in [1.54, 1.807) is 0 Å². The molecule has 0 saturated heterocycles. The standard InChI is InChI=1S/C15H20N4O/c1-10(2)16-15(20)17-13-7-5-12(6-8-13)14-9-11(3)19(4)18-14/h5-10H,1-4H3,(H2,16,17,20). The van der Waals surface area contributed by atoms with E-state index >= 15 is 0 Å². The fraction of sp³-hybridized carbons (Fsp3) is 0.333. The lowest BCUT2D eigenvalue weighted by atomic mass is 10.1. The van der Waals surface area contributed by atoms with Crippen LogP contribution in [-0.2, 0) is 7.05 Å². The van der Waals surface area contributed by atoms with Gasteiger partial charge in [-0.15, -0.1) is 0 Å². The van der Waals surface area contributed by atoms with Gasteiger partial charge < -0.3 is 10.6 Å². The molecule has 20 heavy (non-hydrogen) atoms. The van der Waals surface area contributed by atoms with Crippen LogP contribution in [0.25, 0.3) is 11.3 Å². The number of rotatable bonds is 3. The van der Waals surface area contributed by atoms with E-state index in [1.807, 2.05) is 62.8 Å². The molecular weight excluding hydrogens is 252 g/mol. The van der Waals surface area contributed by atoms with Crippen molar-refractivity contribution in [2.75, 3.05) is 5.32 Å². The van der Waals surface area contributed by atoms with E-state index in [4.69, 9.17) is 0 Å². The molecule has 106 valence electrons. The molecule has 5 nitrogen and oxygen atoms in total. The number of aryl methyl sites for hydroxylation is 2. The summed E-state index contributed by atoms with van der Waals surface area (Å²) in [4.78, 5) is 11.6. The molecule has 2 rings (SSSR count). The van der Waals surface area contributed by atoms with Crippen molar-refractivity contribution in [3.8, 4) is 11.3 Å². The molecule has 0 atom stereocenters. The summed E-state index contributed by atoms with van der Waals surface area (Å²) in [6.45, 7) is 5.86. The van der Waals surface area contributed by atoms with Crippen molar-refractivity contribution in [3.05, 3.63) is 36.0 Å². The Labute approximate surface area is 119 Å². The van der Waals surface area contributed by atoms with Crippen molar-refractivity contribution in [1.29, 1.82) is 0 Å². The van der Waals surface area contributed by atoms with Crippen LogP contribution in [0.2, 0.25) is 0 Å². The lowest BCUT2D eigenvalue weighted by Gasteiger charge is -2.10. The first-order valence-corrected chi connectivity index (χ1v) is 6.64. The molecule has 0 saturated carbocycles. The first-order valence-electron chi connectivity index (χ1n) is 6.64. The SMILES string of the molecule is Cc1cc(-c2ccc(NC(=O)NC(C)C)cc2)nn1C. The minimum Gasteiger partial charge on any atom is -0.336 e. The van der Waals surface area contributed by atoms with Crippen LogP contribution in [0.1, 0.15) is 19.5 Å². The van der Waals surface area contributed by atoms with E-state index in [0.29, 0.717) is 0 Å². The number of nitrogens with one attached hydrogen (secondary N) is 2. The average Bonchev–Trinajstić information content (AvgIpc) is 2.69. The van der Waals surface area contributed by atoms with Gasteiger partial charge in [-0.25, -0.2) is 4.79 Å². The molecule has 0 aliphatic heterocycles. The summed E-state index contributed by atoms with van der Waals surface area (Å²) in [6.07, 6.45) is 0. The number of benzene rings is 1. The smallest absolute Gasteiger partial charge is 0.319 e. The zero-order chi connectivity index (χ0) is 14.7. The zero-order valence-electron chi connectivity index (χ0n) is 12.3. The topological polar surface area (TPSA) is 59.0 Å². The molecule has 2 amide bonds. The lowest BCUT2D eigenvalue weighted by Crippen LogP contribution is -2.34. The predicted molar refractivity (Wildman–Crippen MR) is 80.7 cm³/mol. The van der Waals surface area contributed by atoms with Crippen molar-refractivity contribution in [2.24, 2.45) is 7.05 Å². The molecule has 0 aliphatic rings. The number of carbonyl (C=O) groups excluding carboxylic acids is 1. The Kier molecular flexibility index (Phi) is 4.08. The molecule has 2 aromatic rings. The number of anilines is 1. The Morgan fingerprint density at radius 1 is 1.25 bits per heavy atom. The van der Waals surface area contributed by atoms with Gasteiger partial charge in [0.15, 0.2) is 0 Å². The van der Waals surface area contributed by atoms with Crippen LogP contribution >= 0.6 is 0 Å². The third kappa shape index (κ3) is 3.38. The third-order valence-electron chi connectivity index (χ3n) is 2.97. The first-order chi connectivity index (χ1) is 9.45. The van der Waals surface area contributed by atoms with Crippen LogP contribution in [0, 0.1) is 6.92 Å². The summed E-state index contributed by atoms with van der Waals surface area (Å²) in [5, 5.41) is 10.0. The summed E-state index contributed by atoms with van der Waals surface area (Å²) in [5.74, 6) is 0. The molecule has 1 heterocycles. The van der Waals surface area contributed by atoms with Crippen LogP contribution in [0.5, 0.6) is 0 Å². The molecule has 1 aromatic carbocycles. The summed E-state index contributed by atoms with van der Waals surface area (Å²) in [5.41, 5.74) is 3.84. The Hall–Kier alpha value is -2.30. The molecule has 5 heteroatoms. The Balaban J connectivity index is 2.08. The van der Waals surface area contributed by atoms with Crippen molar-refractivity contribution >= 4 is 11.7 Å². The summed E-state index contributed by atoms with van der Waals surface area (Å²) < 4.78 is 1.84. The van der Waals surface area contributed by atoms with E-state index in [2.05, 4.69) is 15.7 Å². The van der Waals surface area contributed by atoms with Gasteiger partial charge in [-0.05, 0) is 39.0 Å². The highest BCUT2D eigenvalue weighted by molar-refractivity contribution is 5.89. The molecule has 0 unspecified atom stereocenters.